The van der Waals surface area contributed by atoms with Gasteiger partial charge in [0.25, 0.3) is 11.8 Å². The zero-order chi connectivity index (χ0) is 23.5. The predicted molar refractivity (Wildman–Crippen MR) is 131 cm³/mol. The highest BCUT2D eigenvalue weighted by molar-refractivity contribution is 6.39. The molecule has 1 fully saturated rings. The van der Waals surface area contributed by atoms with Crippen LogP contribution in [-0.4, -0.2) is 17.8 Å². The van der Waals surface area contributed by atoms with Crippen LogP contribution in [0.15, 0.2) is 72.3 Å². The number of carbonyl (C=O) groups excluding carboxylic acids is 3. The maximum absolute atomic E-state index is 13.1. The minimum absolute atomic E-state index is 0.149. The molecule has 33 heavy (non-hydrogen) atoms. The van der Waals surface area contributed by atoms with Crippen LogP contribution >= 0.6 is 23.2 Å². The van der Waals surface area contributed by atoms with Gasteiger partial charge in [-0.3, -0.25) is 14.9 Å². The fourth-order valence-electron chi connectivity index (χ4n) is 3.58. The second kappa shape index (κ2) is 9.61. The molecule has 1 aliphatic heterocycles. The van der Waals surface area contributed by atoms with E-state index < -0.39 is 17.8 Å². The summed E-state index contributed by atoms with van der Waals surface area (Å²) in [7, 11) is 0. The van der Waals surface area contributed by atoms with E-state index in [9.17, 15) is 14.4 Å². The van der Waals surface area contributed by atoms with Crippen molar-refractivity contribution >= 4 is 52.8 Å². The van der Waals surface area contributed by atoms with Gasteiger partial charge in [0.15, 0.2) is 0 Å². The number of hydrogen-bond acceptors (Lipinski definition) is 3. The summed E-state index contributed by atoms with van der Waals surface area (Å²) in [6, 6.07) is 19.1. The molecule has 0 aliphatic carbocycles. The van der Waals surface area contributed by atoms with Crippen molar-refractivity contribution in [3.8, 4) is 0 Å². The molecule has 1 aliphatic rings. The lowest BCUT2D eigenvalue weighted by Crippen LogP contribution is -2.54. The zero-order valence-electron chi connectivity index (χ0n) is 17.8. The Labute approximate surface area is 201 Å². The van der Waals surface area contributed by atoms with Gasteiger partial charge < -0.3 is 0 Å². The van der Waals surface area contributed by atoms with Crippen LogP contribution < -0.4 is 10.2 Å². The molecule has 7 heteroatoms. The summed E-state index contributed by atoms with van der Waals surface area (Å²) < 4.78 is 0. The third-order valence-electron chi connectivity index (χ3n) is 5.43. The van der Waals surface area contributed by atoms with Crippen molar-refractivity contribution in [2.75, 3.05) is 4.90 Å². The SMILES string of the molecule is CCc1ccc(N2C(=O)NC(=O)/C(=C\c3ccc(Cc4ccccc4Cl)c(Cl)c3)C2=O)cc1. The van der Waals surface area contributed by atoms with Crippen LogP contribution in [0.25, 0.3) is 6.08 Å². The Morgan fingerprint density at radius 3 is 2.24 bits per heavy atom. The average Bonchev–Trinajstić information content (AvgIpc) is 2.80. The molecule has 3 aromatic rings. The van der Waals surface area contributed by atoms with Gasteiger partial charge in [0.05, 0.1) is 5.69 Å². The van der Waals surface area contributed by atoms with Crippen LogP contribution in [-0.2, 0) is 22.4 Å². The zero-order valence-corrected chi connectivity index (χ0v) is 19.3. The summed E-state index contributed by atoms with van der Waals surface area (Å²) >= 11 is 12.7. The van der Waals surface area contributed by atoms with Gasteiger partial charge in [-0.1, -0.05) is 72.6 Å². The van der Waals surface area contributed by atoms with Gasteiger partial charge in [-0.15, -0.1) is 0 Å². The number of nitrogens with zero attached hydrogens (tertiary/aromatic N) is 1. The number of amides is 4. The van der Waals surface area contributed by atoms with Gasteiger partial charge in [0.2, 0.25) is 0 Å². The van der Waals surface area contributed by atoms with Crippen molar-refractivity contribution in [3.63, 3.8) is 0 Å². The molecule has 0 saturated carbocycles. The molecular weight excluding hydrogens is 459 g/mol. The molecule has 1 heterocycles. The van der Waals surface area contributed by atoms with Crippen LogP contribution in [0.4, 0.5) is 10.5 Å². The number of anilines is 1. The number of hydrogen-bond donors (Lipinski definition) is 1. The van der Waals surface area contributed by atoms with Gasteiger partial charge in [0.1, 0.15) is 5.57 Å². The van der Waals surface area contributed by atoms with Gasteiger partial charge in [-0.25, -0.2) is 9.69 Å². The fraction of sp³-hybridized carbons (Fsp3) is 0.115. The van der Waals surface area contributed by atoms with Crippen LogP contribution in [0.2, 0.25) is 10.0 Å². The molecule has 4 amide bonds. The molecule has 0 aromatic heterocycles. The quantitative estimate of drug-likeness (QED) is 0.371. The highest BCUT2D eigenvalue weighted by atomic mass is 35.5. The molecular formula is C26H20Cl2N2O3. The number of aryl methyl sites for hydroxylation is 1. The van der Waals surface area contributed by atoms with E-state index >= 15 is 0 Å². The standard InChI is InChI=1S/C26H20Cl2N2O3/c1-2-16-8-11-20(12-9-16)30-25(32)21(24(31)29-26(30)33)13-17-7-10-19(23(28)14-17)15-18-5-3-4-6-22(18)27/h3-14H,2,15H2,1H3,(H,29,31,33)/b21-13+. The highest BCUT2D eigenvalue weighted by Gasteiger charge is 2.36. The minimum Gasteiger partial charge on any atom is -0.273 e. The molecule has 1 N–H and O–H groups in total. The number of barbiturate groups is 1. The second-order valence-corrected chi connectivity index (χ2v) is 8.41. The smallest absolute Gasteiger partial charge is 0.273 e. The number of benzene rings is 3. The maximum Gasteiger partial charge on any atom is 0.335 e. The third kappa shape index (κ3) is 4.85. The summed E-state index contributed by atoms with van der Waals surface area (Å²) in [5.74, 6) is -1.44. The third-order valence-corrected chi connectivity index (χ3v) is 6.15. The molecule has 0 atom stereocenters. The highest BCUT2D eigenvalue weighted by Crippen LogP contribution is 2.27. The second-order valence-electron chi connectivity index (χ2n) is 7.60. The first-order chi connectivity index (χ1) is 15.9. The van der Waals surface area contributed by atoms with Gasteiger partial charge in [-0.05, 0) is 59.0 Å². The van der Waals surface area contributed by atoms with E-state index in [2.05, 4.69) is 5.32 Å². The van der Waals surface area contributed by atoms with E-state index in [0.717, 1.165) is 28.0 Å². The van der Waals surface area contributed by atoms with Crippen molar-refractivity contribution < 1.29 is 14.4 Å². The van der Waals surface area contributed by atoms with E-state index in [1.807, 2.05) is 49.4 Å². The normalized spacial score (nSPS) is 15.2. The van der Waals surface area contributed by atoms with Gasteiger partial charge in [-0.2, -0.15) is 0 Å². The molecule has 5 nitrogen and oxygen atoms in total. The number of imide groups is 2. The summed E-state index contributed by atoms with van der Waals surface area (Å²) in [4.78, 5) is 38.8. The van der Waals surface area contributed by atoms with Crippen molar-refractivity contribution in [3.05, 3.63) is 105 Å². The van der Waals surface area contributed by atoms with Gasteiger partial charge >= 0.3 is 6.03 Å². The van der Waals surface area contributed by atoms with Crippen LogP contribution in [0.1, 0.15) is 29.2 Å². The number of urea groups is 1. The first-order valence-corrected chi connectivity index (χ1v) is 11.1. The minimum atomic E-state index is -0.778. The molecule has 4 rings (SSSR count). The number of rotatable bonds is 5. The first kappa shape index (κ1) is 22.8. The van der Waals surface area contributed by atoms with Crippen molar-refractivity contribution in [2.24, 2.45) is 0 Å². The summed E-state index contributed by atoms with van der Waals surface area (Å²) in [6.07, 6.45) is 2.81. The number of halogens is 2. The van der Waals surface area contributed by atoms with E-state index in [4.69, 9.17) is 23.2 Å². The molecule has 0 bridgehead atoms. The van der Waals surface area contributed by atoms with Gasteiger partial charge in [0, 0.05) is 16.5 Å². The molecule has 3 aromatic carbocycles. The topological polar surface area (TPSA) is 66.5 Å². The summed E-state index contributed by atoms with van der Waals surface area (Å²) in [5, 5.41) is 3.37. The largest absolute Gasteiger partial charge is 0.335 e. The Morgan fingerprint density at radius 2 is 1.58 bits per heavy atom. The Balaban J connectivity index is 1.62. The van der Waals surface area contributed by atoms with Crippen LogP contribution in [0.5, 0.6) is 0 Å². The van der Waals surface area contributed by atoms with Crippen molar-refractivity contribution in [2.45, 2.75) is 19.8 Å². The fourth-order valence-corrected chi connectivity index (χ4v) is 4.04. The Morgan fingerprint density at radius 1 is 0.879 bits per heavy atom. The predicted octanol–water partition coefficient (Wildman–Crippen LogP) is 5.81. The lowest BCUT2D eigenvalue weighted by molar-refractivity contribution is -0.122. The molecule has 1 saturated heterocycles. The summed E-state index contributed by atoms with van der Waals surface area (Å²) in [6.45, 7) is 2.01. The number of nitrogens with one attached hydrogen (secondary N) is 1. The van der Waals surface area contributed by atoms with Crippen molar-refractivity contribution in [1.29, 1.82) is 0 Å². The Hall–Kier alpha value is -3.41. The van der Waals surface area contributed by atoms with E-state index in [-0.39, 0.29) is 5.57 Å². The van der Waals surface area contributed by atoms with E-state index in [0.29, 0.717) is 27.7 Å². The summed E-state index contributed by atoms with van der Waals surface area (Å²) in [5.41, 5.74) is 3.68. The Kier molecular flexibility index (Phi) is 6.63. The lowest BCUT2D eigenvalue weighted by atomic mass is 10.0. The molecule has 0 unspecified atom stereocenters. The Bertz CT molecular complexity index is 1280. The van der Waals surface area contributed by atoms with Crippen LogP contribution in [0.3, 0.4) is 0 Å². The first-order valence-electron chi connectivity index (χ1n) is 10.4. The van der Waals surface area contributed by atoms with E-state index in [1.54, 1.807) is 24.3 Å². The lowest BCUT2D eigenvalue weighted by Gasteiger charge is -2.26. The van der Waals surface area contributed by atoms with E-state index in [1.165, 1.54) is 6.08 Å². The average molecular weight is 479 g/mol. The molecule has 0 spiro atoms. The number of carbonyl (C=O) groups is 3. The molecule has 0 radical (unpaired) electrons. The van der Waals surface area contributed by atoms with Crippen molar-refractivity contribution in [1.82, 2.24) is 5.32 Å². The van der Waals surface area contributed by atoms with Crippen LogP contribution in [0, 0.1) is 0 Å². The maximum atomic E-state index is 13.1. The molecule has 166 valence electrons. The monoisotopic (exact) mass is 478 g/mol.